The van der Waals surface area contributed by atoms with Crippen molar-refractivity contribution in [2.24, 2.45) is 5.73 Å². The molecule has 7 heteroatoms. The van der Waals surface area contributed by atoms with Gasteiger partial charge in [-0.1, -0.05) is 0 Å². The van der Waals surface area contributed by atoms with E-state index in [1.165, 1.54) is 17.4 Å². The van der Waals surface area contributed by atoms with Crippen molar-refractivity contribution < 1.29 is 9.59 Å². The summed E-state index contributed by atoms with van der Waals surface area (Å²) in [6.45, 7) is 0. The normalized spacial score (nSPS) is 11.0. The molecule has 3 aromatic rings. The molecule has 0 spiro atoms. The number of anilines is 1. The fourth-order valence-electron chi connectivity index (χ4n) is 1.93. The first kappa shape index (κ1) is 15.7. The molecule has 4 nitrogen and oxygen atoms in total. The lowest BCUT2D eigenvalue weighted by Gasteiger charge is -2.00. The zero-order valence-corrected chi connectivity index (χ0v) is 14.3. The highest BCUT2D eigenvalue weighted by Gasteiger charge is 2.16. The van der Waals surface area contributed by atoms with Gasteiger partial charge in [0.25, 0.3) is 5.91 Å². The van der Waals surface area contributed by atoms with Crippen molar-refractivity contribution in [3.8, 4) is 10.4 Å². The van der Waals surface area contributed by atoms with E-state index in [9.17, 15) is 9.59 Å². The molecule has 0 aromatic carbocycles. The number of hydrogen-bond acceptors (Lipinski definition) is 5. The lowest BCUT2D eigenvalue weighted by molar-refractivity contribution is -0.111. The Morgan fingerprint density at radius 3 is 2.57 bits per heavy atom. The van der Waals surface area contributed by atoms with Crippen LogP contribution in [-0.4, -0.2) is 11.8 Å². The topological polar surface area (TPSA) is 72.2 Å². The smallest absolute Gasteiger partial charge is 0.260 e. The van der Waals surface area contributed by atoms with E-state index >= 15 is 0 Å². The van der Waals surface area contributed by atoms with E-state index in [4.69, 9.17) is 5.73 Å². The van der Waals surface area contributed by atoms with Crippen LogP contribution in [0.5, 0.6) is 0 Å². The van der Waals surface area contributed by atoms with Crippen molar-refractivity contribution in [2.75, 3.05) is 5.32 Å². The Morgan fingerprint density at radius 1 is 1.13 bits per heavy atom. The van der Waals surface area contributed by atoms with Crippen LogP contribution >= 0.6 is 34.0 Å². The largest absolute Gasteiger partial charge is 0.365 e. The predicted octanol–water partition coefficient (Wildman–Crippen LogP) is 4.29. The van der Waals surface area contributed by atoms with Crippen molar-refractivity contribution in [2.45, 2.75) is 0 Å². The lowest BCUT2D eigenvalue weighted by atomic mass is 10.2. The number of amides is 2. The van der Waals surface area contributed by atoms with Gasteiger partial charge in [0.1, 0.15) is 4.88 Å². The number of primary amides is 1. The molecule has 3 rings (SSSR count). The number of nitrogens with one attached hydrogen (secondary N) is 1. The summed E-state index contributed by atoms with van der Waals surface area (Å²) in [6.07, 6.45) is 3.16. The SMILES string of the molecule is NC(=O)c1sc(-c2ccsc2)cc1NC(=O)/C=C/c1ccsc1. The first-order valence-electron chi connectivity index (χ1n) is 6.61. The number of thiophene rings is 3. The van der Waals surface area contributed by atoms with Crippen LogP contribution in [0.1, 0.15) is 15.2 Å². The van der Waals surface area contributed by atoms with Crippen LogP contribution in [0.4, 0.5) is 5.69 Å². The molecule has 0 unspecified atom stereocenters. The summed E-state index contributed by atoms with van der Waals surface area (Å²) in [5.41, 5.74) is 7.84. The van der Waals surface area contributed by atoms with E-state index in [0.29, 0.717) is 10.6 Å². The van der Waals surface area contributed by atoms with Crippen LogP contribution < -0.4 is 11.1 Å². The molecule has 116 valence electrons. The number of rotatable bonds is 5. The van der Waals surface area contributed by atoms with Gasteiger partial charge in [-0.3, -0.25) is 9.59 Å². The highest BCUT2D eigenvalue weighted by atomic mass is 32.1. The zero-order valence-electron chi connectivity index (χ0n) is 11.8. The summed E-state index contributed by atoms with van der Waals surface area (Å²) in [7, 11) is 0. The number of nitrogens with two attached hydrogens (primary N) is 1. The quantitative estimate of drug-likeness (QED) is 0.666. The number of hydrogen-bond donors (Lipinski definition) is 2. The molecular weight excluding hydrogens is 348 g/mol. The van der Waals surface area contributed by atoms with Crippen molar-refractivity contribution in [1.29, 1.82) is 0 Å². The molecule has 3 heterocycles. The van der Waals surface area contributed by atoms with Crippen LogP contribution in [-0.2, 0) is 4.79 Å². The van der Waals surface area contributed by atoms with Gasteiger partial charge in [0, 0.05) is 16.5 Å². The highest BCUT2D eigenvalue weighted by molar-refractivity contribution is 7.18. The average Bonchev–Trinajstić information content (AvgIpc) is 3.25. The minimum atomic E-state index is -0.548. The number of carbonyl (C=O) groups is 2. The molecular formula is C16H12N2O2S3. The molecule has 0 saturated heterocycles. The molecule has 0 saturated carbocycles. The first-order chi connectivity index (χ1) is 11.1. The van der Waals surface area contributed by atoms with E-state index < -0.39 is 5.91 Å². The summed E-state index contributed by atoms with van der Waals surface area (Å²) in [5.74, 6) is -0.845. The molecule has 23 heavy (non-hydrogen) atoms. The second-order valence-electron chi connectivity index (χ2n) is 4.61. The summed E-state index contributed by atoms with van der Waals surface area (Å²) in [6, 6.07) is 5.66. The predicted molar refractivity (Wildman–Crippen MR) is 98.1 cm³/mol. The molecule has 0 bridgehead atoms. The van der Waals surface area contributed by atoms with E-state index in [1.807, 2.05) is 33.7 Å². The van der Waals surface area contributed by atoms with E-state index in [-0.39, 0.29) is 5.91 Å². The van der Waals surface area contributed by atoms with Gasteiger partial charge in [-0.25, -0.2) is 0 Å². The van der Waals surface area contributed by atoms with E-state index in [0.717, 1.165) is 16.0 Å². The Kier molecular flexibility index (Phi) is 4.71. The maximum atomic E-state index is 12.0. The Labute approximate surface area is 144 Å². The molecule has 2 amide bonds. The van der Waals surface area contributed by atoms with Gasteiger partial charge in [-0.2, -0.15) is 22.7 Å². The fraction of sp³-hybridized carbons (Fsp3) is 0. The fourth-order valence-corrected chi connectivity index (χ4v) is 4.25. The average molecular weight is 360 g/mol. The summed E-state index contributed by atoms with van der Waals surface area (Å²) in [4.78, 5) is 24.9. The Morgan fingerprint density at radius 2 is 1.91 bits per heavy atom. The van der Waals surface area contributed by atoms with Gasteiger partial charge < -0.3 is 11.1 Å². The molecule has 3 aromatic heterocycles. The van der Waals surface area contributed by atoms with Gasteiger partial charge in [-0.05, 0) is 51.4 Å². The molecule has 0 radical (unpaired) electrons. The van der Waals surface area contributed by atoms with Gasteiger partial charge >= 0.3 is 0 Å². The standard InChI is InChI=1S/C16H12N2O2S3/c17-16(20)15-12(7-13(23-15)11-4-6-22-9-11)18-14(19)2-1-10-3-5-21-8-10/h1-9H,(H2,17,20)(H,18,19)/b2-1+. The van der Waals surface area contributed by atoms with E-state index in [1.54, 1.807) is 34.8 Å². The lowest BCUT2D eigenvalue weighted by Crippen LogP contribution is -2.14. The van der Waals surface area contributed by atoms with Gasteiger partial charge in [0.15, 0.2) is 0 Å². The van der Waals surface area contributed by atoms with Crippen molar-refractivity contribution >= 4 is 57.6 Å². The molecule has 0 aliphatic heterocycles. The first-order valence-corrected chi connectivity index (χ1v) is 9.31. The van der Waals surface area contributed by atoms with Crippen LogP contribution in [0.25, 0.3) is 16.5 Å². The third kappa shape index (κ3) is 3.76. The minimum absolute atomic E-state index is 0.298. The molecule has 0 aliphatic carbocycles. The van der Waals surface area contributed by atoms with Crippen molar-refractivity contribution in [3.63, 3.8) is 0 Å². The highest BCUT2D eigenvalue weighted by Crippen LogP contribution is 2.35. The van der Waals surface area contributed by atoms with Crippen LogP contribution in [0.2, 0.25) is 0 Å². The zero-order chi connectivity index (χ0) is 16.2. The third-order valence-corrected chi connectivity index (χ3v) is 5.57. The molecule has 0 fully saturated rings. The van der Waals surface area contributed by atoms with Gasteiger partial charge in [0.05, 0.1) is 5.69 Å². The minimum Gasteiger partial charge on any atom is -0.365 e. The van der Waals surface area contributed by atoms with Crippen molar-refractivity contribution in [1.82, 2.24) is 0 Å². The summed E-state index contributed by atoms with van der Waals surface area (Å²) < 4.78 is 0. The van der Waals surface area contributed by atoms with Crippen LogP contribution in [0.3, 0.4) is 0 Å². The van der Waals surface area contributed by atoms with Crippen molar-refractivity contribution in [3.05, 3.63) is 56.2 Å². The molecule has 3 N–H and O–H groups in total. The van der Waals surface area contributed by atoms with Crippen LogP contribution in [0.15, 0.2) is 45.8 Å². The number of carbonyl (C=O) groups excluding carboxylic acids is 2. The third-order valence-electron chi connectivity index (χ3n) is 2.99. The van der Waals surface area contributed by atoms with Gasteiger partial charge in [-0.15, -0.1) is 11.3 Å². The Balaban J connectivity index is 1.81. The molecule has 0 atom stereocenters. The second kappa shape index (κ2) is 6.91. The van der Waals surface area contributed by atoms with Crippen LogP contribution in [0, 0.1) is 0 Å². The molecule has 0 aliphatic rings. The maximum absolute atomic E-state index is 12.0. The Bertz CT molecular complexity index is 846. The summed E-state index contributed by atoms with van der Waals surface area (Å²) >= 11 is 4.41. The Hall–Kier alpha value is -2.22. The maximum Gasteiger partial charge on any atom is 0.260 e. The summed E-state index contributed by atoms with van der Waals surface area (Å²) in [5, 5.41) is 10.6. The van der Waals surface area contributed by atoms with Gasteiger partial charge in [0.2, 0.25) is 5.91 Å². The second-order valence-corrected chi connectivity index (χ2v) is 7.22. The van der Waals surface area contributed by atoms with E-state index in [2.05, 4.69) is 5.32 Å². The monoisotopic (exact) mass is 360 g/mol.